The topological polar surface area (TPSA) is 119 Å². The molecule has 0 atom stereocenters. The van der Waals surface area contributed by atoms with Gasteiger partial charge in [-0.15, -0.1) is 0 Å². The molecule has 2 aromatic carbocycles. The van der Waals surface area contributed by atoms with Crippen molar-refractivity contribution in [2.75, 3.05) is 24.2 Å². The molecule has 2 aromatic rings. The van der Waals surface area contributed by atoms with Gasteiger partial charge in [-0.2, -0.15) is 13.2 Å². The molecule has 0 aromatic heterocycles. The number of nitro groups is 1. The van der Waals surface area contributed by atoms with E-state index in [0.717, 1.165) is 30.5 Å². The first-order valence-electron chi connectivity index (χ1n) is 8.56. The Hall–Kier alpha value is -3.35. The molecule has 0 saturated heterocycles. The number of hydrogen-bond donors (Lipinski definition) is 1. The molecule has 0 unspecified atom stereocenters. The standard InChI is InChI=1S/C18H18F3N3O6S/c1-30-16-7-6-14(24(26)27)9-15(16)23(31(2,28)29)11-17(25)22-10-12-4-3-5-13(8-12)18(19,20)21/h3-9H,10-11H2,1-2H3,(H,22,25). The van der Waals surface area contributed by atoms with Crippen LogP contribution in [0.1, 0.15) is 11.1 Å². The normalized spacial score (nSPS) is 11.6. The van der Waals surface area contributed by atoms with E-state index in [1.165, 1.54) is 25.3 Å². The van der Waals surface area contributed by atoms with Crippen LogP contribution >= 0.6 is 0 Å². The van der Waals surface area contributed by atoms with Crippen LogP contribution in [0.5, 0.6) is 5.75 Å². The highest BCUT2D eigenvalue weighted by Crippen LogP contribution is 2.33. The smallest absolute Gasteiger partial charge is 0.416 e. The quantitative estimate of drug-likeness (QED) is 0.477. The van der Waals surface area contributed by atoms with Crippen LogP contribution in [0.2, 0.25) is 0 Å². The van der Waals surface area contributed by atoms with Gasteiger partial charge in [0.05, 0.1) is 23.9 Å². The summed E-state index contributed by atoms with van der Waals surface area (Å²) in [5.41, 5.74) is -1.39. The molecule has 0 aliphatic heterocycles. The number of benzene rings is 2. The van der Waals surface area contributed by atoms with E-state index >= 15 is 0 Å². The number of rotatable bonds is 8. The Morgan fingerprint density at radius 2 is 1.90 bits per heavy atom. The van der Waals surface area contributed by atoms with E-state index in [2.05, 4.69) is 5.32 Å². The van der Waals surface area contributed by atoms with Gasteiger partial charge in [0, 0.05) is 18.7 Å². The van der Waals surface area contributed by atoms with E-state index in [1.807, 2.05) is 0 Å². The maximum Gasteiger partial charge on any atom is 0.416 e. The summed E-state index contributed by atoms with van der Waals surface area (Å²) < 4.78 is 68.5. The molecule has 1 N–H and O–H groups in total. The lowest BCUT2D eigenvalue weighted by Gasteiger charge is -2.23. The molecule has 1 amide bonds. The average Bonchev–Trinajstić information content (AvgIpc) is 2.68. The molecular weight excluding hydrogens is 443 g/mol. The molecule has 13 heteroatoms. The van der Waals surface area contributed by atoms with Crippen LogP contribution in [0.3, 0.4) is 0 Å². The molecule has 0 saturated carbocycles. The van der Waals surface area contributed by atoms with Crippen molar-refractivity contribution in [1.82, 2.24) is 5.32 Å². The Bertz CT molecular complexity index is 1090. The number of anilines is 1. The first-order chi connectivity index (χ1) is 14.3. The second-order valence-electron chi connectivity index (χ2n) is 6.36. The molecule has 0 spiro atoms. The first-order valence-corrected chi connectivity index (χ1v) is 10.4. The number of amides is 1. The number of nitro benzene ring substituents is 1. The number of nitrogens with one attached hydrogen (secondary N) is 1. The number of nitrogens with zero attached hydrogens (tertiary/aromatic N) is 2. The zero-order chi connectivity index (χ0) is 23.4. The zero-order valence-electron chi connectivity index (χ0n) is 16.3. The summed E-state index contributed by atoms with van der Waals surface area (Å²) >= 11 is 0. The minimum Gasteiger partial charge on any atom is -0.495 e. The maximum absolute atomic E-state index is 12.8. The van der Waals surface area contributed by atoms with Crippen molar-refractivity contribution >= 4 is 27.3 Å². The monoisotopic (exact) mass is 461 g/mol. The summed E-state index contributed by atoms with van der Waals surface area (Å²) in [7, 11) is -2.85. The van der Waals surface area contributed by atoms with Crippen LogP contribution in [0.15, 0.2) is 42.5 Å². The summed E-state index contributed by atoms with van der Waals surface area (Å²) in [5, 5.41) is 13.4. The lowest BCUT2D eigenvalue weighted by molar-refractivity contribution is -0.384. The van der Waals surface area contributed by atoms with E-state index in [0.29, 0.717) is 4.31 Å². The fourth-order valence-corrected chi connectivity index (χ4v) is 3.46. The van der Waals surface area contributed by atoms with E-state index < -0.39 is 44.8 Å². The summed E-state index contributed by atoms with van der Waals surface area (Å²) in [6.45, 7) is -1.05. The van der Waals surface area contributed by atoms with Crippen molar-refractivity contribution in [2.24, 2.45) is 0 Å². The molecule has 0 aliphatic carbocycles. The largest absolute Gasteiger partial charge is 0.495 e. The fraction of sp³-hybridized carbons (Fsp3) is 0.278. The zero-order valence-corrected chi connectivity index (χ0v) is 17.2. The highest BCUT2D eigenvalue weighted by atomic mass is 32.2. The van der Waals surface area contributed by atoms with Crippen molar-refractivity contribution in [2.45, 2.75) is 12.7 Å². The van der Waals surface area contributed by atoms with E-state index in [1.54, 1.807) is 0 Å². The Morgan fingerprint density at radius 3 is 2.45 bits per heavy atom. The van der Waals surface area contributed by atoms with Crippen molar-refractivity contribution < 1.29 is 36.0 Å². The Morgan fingerprint density at radius 1 is 1.23 bits per heavy atom. The number of ether oxygens (including phenoxy) is 1. The second kappa shape index (κ2) is 9.20. The van der Waals surface area contributed by atoms with Crippen LogP contribution in [-0.4, -0.2) is 39.2 Å². The van der Waals surface area contributed by atoms with Gasteiger partial charge < -0.3 is 10.1 Å². The summed E-state index contributed by atoms with van der Waals surface area (Å²) in [6, 6.07) is 7.53. The predicted molar refractivity (Wildman–Crippen MR) is 105 cm³/mol. The Labute approximate surface area is 175 Å². The number of halogens is 3. The van der Waals surface area contributed by atoms with Crippen LogP contribution in [0.4, 0.5) is 24.5 Å². The fourth-order valence-electron chi connectivity index (χ4n) is 2.61. The number of non-ortho nitro benzene ring substituents is 1. The number of methoxy groups -OCH3 is 1. The van der Waals surface area contributed by atoms with Crippen molar-refractivity contribution in [3.8, 4) is 5.75 Å². The van der Waals surface area contributed by atoms with Gasteiger partial charge in [0.2, 0.25) is 15.9 Å². The lowest BCUT2D eigenvalue weighted by atomic mass is 10.1. The van der Waals surface area contributed by atoms with E-state index in [4.69, 9.17) is 4.74 Å². The number of alkyl halides is 3. The summed E-state index contributed by atoms with van der Waals surface area (Å²) in [4.78, 5) is 22.6. The van der Waals surface area contributed by atoms with Crippen molar-refractivity contribution in [1.29, 1.82) is 0 Å². The molecule has 0 bridgehead atoms. The number of carbonyl (C=O) groups is 1. The Kier molecular flexibility index (Phi) is 7.10. The predicted octanol–water partition coefficient (Wildman–Crippen LogP) is 2.70. The molecule has 0 heterocycles. The van der Waals surface area contributed by atoms with Gasteiger partial charge in [0.25, 0.3) is 5.69 Å². The molecule has 31 heavy (non-hydrogen) atoms. The number of hydrogen-bond acceptors (Lipinski definition) is 6. The van der Waals surface area contributed by atoms with E-state index in [9.17, 15) is 36.5 Å². The second-order valence-corrected chi connectivity index (χ2v) is 8.26. The average molecular weight is 461 g/mol. The number of carbonyl (C=O) groups excluding carboxylic acids is 1. The van der Waals surface area contributed by atoms with Crippen molar-refractivity contribution in [3.05, 3.63) is 63.7 Å². The minimum absolute atomic E-state index is 0.0262. The third-order valence-electron chi connectivity index (χ3n) is 4.07. The molecule has 9 nitrogen and oxygen atoms in total. The van der Waals surface area contributed by atoms with Gasteiger partial charge in [-0.3, -0.25) is 19.2 Å². The van der Waals surface area contributed by atoms with Crippen LogP contribution in [0, 0.1) is 10.1 Å². The van der Waals surface area contributed by atoms with Gasteiger partial charge in [0.15, 0.2) is 0 Å². The molecule has 0 radical (unpaired) electrons. The molecule has 0 fully saturated rings. The summed E-state index contributed by atoms with van der Waals surface area (Å²) in [6.07, 6.45) is -3.75. The minimum atomic E-state index is -4.55. The molecule has 168 valence electrons. The van der Waals surface area contributed by atoms with E-state index in [-0.39, 0.29) is 23.5 Å². The summed E-state index contributed by atoms with van der Waals surface area (Å²) in [5.74, 6) is -0.863. The lowest BCUT2D eigenvalue weighted by Crippen LogP contribution is -2.40. The molecular formula is C18H18F3N3O6S. The van der Waals surface area contributed by atoms with Crippen molar-refractivity contribution in [3.63, 3.8) is 0 Å². The SMILES string of the molecule is COc1ccc([N+](=O)[O-])cc1N(CC(=O)NCc1cccc(C(F)(F)F)c1)S(C)(=O)=O. The first kappa shape index (κ1) is 23.9. The molecule has 2 rings (SSSR count). The highest BCUT2D eigenvalue weighted by Gasteiger charge is 2.30. The molecule has 0 aliphatic rings. The third kappa shape index (κ3) is 6.31. The van der Waals surface area contributed by atoms with Crippen LogP contribution < -0.4 is 14.4 Å². The van der Waals surface area contributed by atoms with Gasteiger partial charge in [-0.25, -0.2) is 8.42 Å². The van der Waals surface area contributed by atoms with Gasteiger partial charge >= 0.3 is 6.18 Å². The highest BCUT2D eigenvalue weighted by molar-refractivity contribution is 7.92. The van der Waals surface area contributed by atoms with Gasteiger partial charge in [-0.1, -0.05) is 12.1 Å². The third-order valence-corrected chi connectivity index (χ3v) is 5.20. The Balaban J connectivity index is 2.24. The van der Waals surface area contributed by atoms with Crippen LogP contribution in [0.25, 0.3) is 0 Å². The van der Waals surface area contributed by atoms with Gasteiger partial charge in [-0.05, 0) is 23.8 Å². The van der Waals surface area contributed by atoms with Gasteiger partial charge in [0.1, 0.15) is 18.0 Å². The van der Waals surface area contributed by atoms with Crippen LogP contribution in [-0.2, 0) is 27.5 Å². The number of sulfonamides is 1. The maximum atomic E-state index is 12.8.